The lowest BCUT2D eigenvalue weighted by molar-refractivity contribution is -0.137. The molecule has 0 fully saturated rings. The lowest BCUT2D eigenvalue weighted by Crippen LogP contribution is -2.27. The molecule has 4 rings (SSSR count). The molecule has 0 saturated heterocycles. The molecule has 1 N–H and O–H groups in total. The van der Waals surface area contributed by atoms with Crippen LogP contribution in [-0.2, 0) is 19.3 Å². The first kappa shape index (κ1) is 22.2. The standard InChI is InChI=1S/C22H17F4N5O2/c23-17-6-4-15(5-7-17)20(32)27-8-9-31-19-18(11-29-31)21(33)30(13-28-19)12-14-2-1-3-16(10-14)22(24,25)26/h1-7,10-11,13H,8-9,12H2,(H,27,32). The number of carbonyl (C=O) groups excluding carboxylic acids is 1. The zero-order valence-corrected chi connectivity index (χ0v) is 17.0. The summed E-state index contributed by atoms with van der Waals surface area (Å²) in [6.07, 6.45) is -1.90. The number of amides is 1. The maximum atomic E-state index is 13.0. The van der Waals surface area contributed by atoms with Crippen LogP contribution in [0.4, 0.5) is 17.6 Å². The van der Waals surface area contributed by atoms with Crippen LogP contribution in [0.3, 0.4) is 0 Å². The summed E-state index contributed by atoms with van der Waals surface area (Å²) in [7, 11) is 0. The van der Waals surface area contributed by atoms with Crippen molar-refractivity contribution in [1.29, 1.82) is 0 Å². The molecule has 0 unspecified atom stereocenters. The fourth-order valence-corrected chi connectivity index (χ4v) is 3.30. The third kappa shape index (κ3) is 4.92. The van der Waals surface area contributed by atoms with E-state index in [0.717, 1.165) is 12.1 Å². The number of fused-ring (bicyclic) bond motifs is 1. The molecule has 7 nitrogen and oxygen atoms in total. The van der Waals surface area contributed by atoms with Gasteiger partial charge in [-0.1, -0.05) is 12.1 Å². The maximum Gasteiger partial charge on any atom is 0.416 e. The molecule has 4 aromatic rings. The Morgan fingerprint density at radius 1 is 1.09 bits per heavy atom. The molecule has 0 radical (unpaired) electrons. The molecule has 0 saturated carbocycles. The van der Waals surface area contributed by atoms with Crippen LogP contribution < -0.4 is 10.9 Å². The largest absolute Gasteiger partial charge is 0.416 e. The number of benzene rings is 2. The van der Waals surface area contributed by atoms with Gasteiger partial charge in [0, 0.05) is 12.1 Å². The van der Waals surface area contributed by atoms with Gasteiger partial charge in [0.1, 0.15) is 17.5 Å². The van der Waals surface area contributed by atoms with E-state index >= 15 is 0 Å². The fourth-order valence-electron chi connectivity index (χ4n) is 3.30. The van der Waals surface area contributed by atoms with Crippen molar-refractivity contribution in [3.63, 3.8) is 0 Å². The van der Waals surface area contributed by atoms with E-state index in [-0.39, 0.29) is 36.6 Å². The number of carbonyl (C=O) groups is 1. The van der Waals surface area contributed by atoms with E-state index in [1.54, 1.807) is 0 Å². The number of alkyl halides is 3. The van der Waals surface area contributed by atoms with Crippen molar-refractivity contribution < 1.29 is 22.4 Å². The predicted molar refractivity (Wildman–Crippen MR) is 111 cm³/mol. The molecule has 0 spiro atoms. The maximum absolute atomic E-state index is 13.0. The highest BCUT2D eigenvalue weighted by Crippen LogP contribution is 2.29. The Labute approximate surface area is 184 Å². The number of rotatable bonds is 6. The molecular weight excluding hydrogens is 442 g/mol. The molecule has 11 heteroatoms. The van der Waals surface area contributed by atoms with E-state index in [2.05, 4.69) is 15.4 Å². The average molecular weight is 459 g/mol. The van der Waals surface area contributed by atoms with E-state index in [1.165, 1.54) is 58.2 Å². The van der Waals surface area contributed by atoms with Crippen LogP contribution in [0.15, 0.2) is 65.8 Å². The summed E-state index contributed by atoms with van der Waals surface area (Å²) < 4.78 is 54.4. The van der Waals surface area contributed by atoms with Crippen LogP contribution in [0.5, 0.6) is 0 Å². The van der Waals surface area contributed by atoms with Gasteiger partial charge in [-0.15, -0.1) is 0 Å². The van der Waals surface area contributed by atoms with Gasteiger partial charge in [-0.05, 0) is 42.0 Å². The number of nitrogens with zero attached hydrogens (tertiary/aromatic N) is 4. The number of hydrogen-bond donors (Lipinski definition) is 1. The molecule has 1 amide bonds. The highest BCUT2D eigenvalue weighted by Gasteiger charge is 2.30. The van der Waals surface area contributed by atoms with Crippen LogP contribution in [0.1, 0.15) is 21.5 Å². The minimum atomic E-state index is -4.48. The molecule has 0 atom stereocenters. The Kier molecular flexibility index (Phi) is 5.95. The van der Waals surface area contributed by atoms with Gasteiger partial charge in [0.25, 0.3) is 11.5 Å². The number of hydrogen-bond acceptors (Lipinski definition) is 4. The van der Waals surface area contributed by atoms with Crippen molar-refractivity contribution in [3.05, 3.63) is 93.9 Å². The second-order valence-electron chi connectivity index (χ2n) is 7.24. The van der Waals surface area contributed by atoms with Crippen LogP contribution in [-0.4, -0.2) is 31.8 Å². The van der Waals surface area contributed by atoms with Gasteiger partial charge in [0.2, 0.25) is 0 Å². The quantitative estimate of drug-likeness (QED) is 0.449. The van der Waals surface area contributed by atoms with Gasteiger partial charge < -0.3 is 5.32 Å². The number of nitrogens with one attached hydrogen (secondary N) is 1. The van der Waals surface area contributed by atoms with Gasteiger partial charge in [-0.2, -0.15) is 18.3 Å². The molecule has 0 bridgehead atoms. The number of halogens is 4. The van der Waals surface area contributed by atoms with E-state index < -0.39 is 23.1 Å². The normalized spacial score (nSPS) is 11.6. The highest BCUT2D eigenvalue weighted by atomic mass is 19.4. The smallest absolute Gasteiger partial charge is 0.350 e. The van der Waals surface area contributed by atoms with Crippen LogP contribution in [0.2, 0.25) is 0 Å². The molecule has 170 valence electrons. The first-order valence-electron chi connectivity index (χ1n) is 9.83. The summed E-state index contributed by atoms with van der Waals surface area (Å²) in [6, 6.07) is 9.84. The second-order valence-corrected chi connectivity index (χ2v) is 7.24. The predicted octanol–water partition coefficient (Wildman–Crippen LogP) is 3.23. The molecule has 0 aliphatic heterocycles. The molecule has 0 aliphatic carbocycles. The molecular formula is C22H17F4N5O2. The Morgan fingerprint density at radius 2 is 1.85 bits per heavy atom. The van der Waals surface area contributed by atoms with Gasteiger partial charge in [-0.3, -0.25) is 14.2 Å². The van der Waals surface area contributed by atoms with Crippen molar-refractivity contribution in [3.8, 4) is 0 Å². The SMILES string of the molecule is O=C(NCCn1ncc2c(=O)n(Cc3cccc(C(F)(F)F)c3)cnc21)c1ccc(F)cc1. The zero-order valence-electron chi connectivity index (χ0n) is 17.0. The highest BCUT2D eigenvalue weighted by molar-refractivity contribution is 5.94. The first-order valence-corrected chi connectivity index (χ1v) is 9.83. The van der Waals surface area contributed by atoms with Gasteiger partial charge in [0.05, 0.1) is 24.8 Å². The Morgan fingerprint density at radius 3 is 2.58 bits per heavy atom. The minimum absolute atomic E-state index is 0.0788. The molecule has 2 heterocycles. The third-order valence-corrected chi connectivity index (χ3v) is 4.95. The van der Waals surface area contributed by atoms with Gasteiger partial charge >= 0.3 is 6.18 Å². The molecule has 33 heavy (non-hydrogen) atoms. The molecule has 2 aromatic carbocycles. The van der Waals surface area contributed by atoms with Gasteiger partial charge in [0.15, 0.2) is 5.65 Å². The average Bonchev–Trinajstić information content (AvgIpc) is 3.19. The third-order valence-electron chi connectivity index (χ3n) is 4.95. The number of aromatic nitrogens is 4. The summed E-state index contributed by atoms with van der Waals surface area (Å²) in [5.74, 6) is -0.831. The van der Waals surface area contributed by atoms with Crippen molar-refractivity contribution >= 4 is 16.9 Å². The summed E-state index contributed by atoms with van der Waals surface area (Å²) in [5, 5.41) is 7.00. The summed E-state index contributed by atoms with van der Waals surface area (Å²) >= 11 is 0. The second kappa shape index (κ2) is 8.85. The summed E-state index contributed by atoms with van der Waals surface area (Å²) in [4.78, 5) is 29.1. The molecule has 0 aliphatic rings. The van der Waals surface area contributed by atoms with Crippen molar-refractivity contribution in [1.82, 2.24) is 24.6 Å². The van der Waals surface area contributed by atoms with E-state index in [4.69, 9.17) is 0 Å². The minimum Gasteiger partial charge on any atom is -0.350 e. The summed E-state index contributed by atoms with van der Waals surface area (Å²) in [5.41, 5.74) is -0.339. The zero-order chi connectivity index (χ0) is 23.6. The van der Waals surface area contributed by atoms with E-state index in [1.807, 2.05) is 0 Å². The fraction of sp³-hybridized carbons (Fsp3) is 0.182. The first-order chi connectivity index (χ1) is 15.7. The Bertz CT molecular complexity index is 1360. The van der Waals surface area contributed by atoms with Crippen LogP contribution >= 0.6 is 0 Å². The Balaban J connectivity index is 1.46. The monoisotopic (exact) mass is 459 g/mol. The lowest BCUT2D eigenvalue weighted by atomic mass is 10.1. The van der Waals surface area contributed by atoms with Crippen LogP contribution in [0, 0.1) is 5.82 Å². The topological polar surface area (TPSA) is 81.8 Å². The Hall–Kier alpha value is -4.02. The molecule has 2 aromatic heterocycles. The van der Waals surface area contributed by atoms with Crippen molar-refractivity contribution in [2.45, 2.75) is 19.3 Å². The summed E-state index contributed by atoms with van der Waals surface area (Å²) in [6.45, 7) is 0.326. The van der Waals surface area contributed by atoms with E-state index in [9.17, 15) is 27.2 Å². The van der Waals surface area contributed by atoms with E-state index in [0.29, 0.717) is 11.1 Å². The van der Waals surface area contributed by atoms with Crippen LogP contribution in [0.25, 0.3) is 11.0 Å². The van der Waals surface area contributed by atoms with Crippen molar-refractivity contribution in [2.75, 3.05) is 6.54 Å². The van der Waals surface area contributed by atoms with Gasteiger partial charge in [-0.25, -0.2) is 14.1 Å². The van der Waals surface area contributed by atoms with Crippen molar-refractivity contribution in [2.24, 2.45) is 0 Å². The lowest BCUT2D eigenvalue weighted by Gasteiger charge is -2.10.